The topological polar surface area (TPSA) is 55.4 Å². The standard InChI is InChI=1S/C13H18N4O2/c1-13(2)16(17(13)12(19)15(3)4)11(18)14-10-8-6-5-7-9-10/h5-9H,1-4H3,(H,14,18). The lowest BCUT2D eigenvalue weighted by molar-refractivity contribution is 0.181. The van der Waals surface area contributed by atoms with Gasteiger partial charge in [0.05, 0.1) is 0 Å². The number of benzene rings is 1. The summed E-state index contributed by atoms with van der Waals surface area (Å²) in [6.45, 7) is 3.64. The molecule has 0 atom stereocenters. The number of nitrogens with zero attached hydrogens (tertiary/aromatic N) is 3. The summed E-state index contributed by atoms with van der Waals surface area (Å²) in [6.07, 6.45) is 0. The van der Waals surface area contributed by atoms with Crippen molar-refractivity contribution in [1.29, 1.82) is 0 Å². The van der Waals surface area contributed by atoms with Gasteiger partial charge >= 0.3 is 12.1 Å². The quantitative estimate of drug-likeness (QED) is 0.789. The molecule has 0 saturated carbocycles. The molecule has 19 heavy (non-hydrogen) atoms. The first-order valence-corrected chi connectivity index (χ1v) is 6.03. The summed E-state index contributed by atoms with van der Waals surface area (Å²) in [7, 11) is 3.31. The van der Waals surface area contributed by atoms with Gasteiger partial charge in [0.1, 0.15) is 0 Å². The fourth-order valence-electron chi connectivity index (χ4n) is 1.92. The van der Waals surface area contributed by atoms with Gasteiger partial charge in [-0.05, 0) is 26.0 Å². The molecule has 0 aromatic heterocycles. The van der Waals surface area contributed by atoms with Gasteiger partial charge in [-0.15, -0.1) is 0 Å². The second kappa shape index (κ2) is 4.46. The first-order chi connectivity index (χ1) is 8.85. The highest BCUT2D eigenvalue weighted by Gasteiger charge is 2.60. The lowest BCUT2D eigenvalue weighted by atomic mass is 10.3. The van der Waals surface area contributed by atoms with E-state index in [1.54, 1.807) is 26.2 Å². The number of para-hydroxylation sites is 1. The van der Waals surface area contributed by atoms with Gasteiger partial charge in [0, 0.05) is 19.8 Å². The molecule has 1 aromatic carbocycles. The van der Waals surface area contributed by atoms with Gasteiger partial charge in [-0.1, -0.05) is 18.2 Å². The predicted octanol–water partition coefficient (Wildman–Crippen LogP) is 2.17. The minimum atomic E-state index is -0.597. The van der Waals surface area contributed by atoms with E-state index in [0.717, 1.165) is 0 Å². The van der Waals surface area contributed by atoms with Crippen LogP contribution in [0.4, 0.5) is 15.3 Å². The maximum absolute atomic E-state index is 12.1. The van der Waals surface area contributed by atoms with Crippen molar-refractivity contribution in [3.05, 3.63) is 30.3 Å². The number of urea groups is 2. The summed E-state index contributed by atoms with van der Waals surface area (Å²) in [4.78, 5) is 25.5. The number of carbonyl (C=O) groups is 2. The molecule has 1 aliphatic rings. The number of nitrogens with one attached hydrogen (secondary N) is 1. The smallest absolute Gasteiger partial charge is 0.329 e. The zero-order valence-electron chi connectivity index (χ0n) is 11.5. The molecule has 0 radical (unpaired) electrons. The second-order valence-corrected chi connectivity index (χ2v) is 5.09. The van der Waals surface area contributed by atoms with Crippen LogP contribution in [0.15, 0.2) is 30.3 Å². The van der Waals surface area contributed by atoms with E-state index in [1.165, 1.54) is 14.9 Å². The summed E-state index contributed by atoms with van der Waals surface area (Å²) in [5.74, 6) is 0. The largest absolute Gasteiger partial charge is 0.343 e. The predicted molar refractivity (Wildman–Crippen MR) is 72.3 cm³/mol. The summed E-state index contributed by atoms with van der Waals surface area (Å²) < 4.78 is 0. The Hall–Kier alpha value is -2.24. The monoisotopic (exact) mass is 262 g/mol. The van der Waals surface area contributed by atoms with Gasteiger partial charge in [0.2, 0.25) is 0 Å². The van der Waals surface area contributed by atoms with Crippen LogP contribution in [0.2, 0.25) is 0 Å². The lowest BCUT2D eigenvalue weighted by Crippen LogP contribution is -2.32. The van der Waals surface area contributed by atoms with E-state index in [-0.39, 0.29) is 12.1 Å². The van der Waals surface area contributed by atoms with E-state index in [4.69, 9.17) is 0 Å². The third-order valence-corrected chi connectivity index (χ3v) is 2.98. The van der Waals surface area contributed by atoms with Gasteiger partial charge in [-0.2, -0.15) is 0 Å². The molecule has 0 unspecified atom stereocenters. The normalized spacial score (nSPS) is 16.0. The van der Waals surface area contributed by atoms with Gasteiger partial charge in [-0.25, -0.2) is 19.6 Å². The molecule has 1 saturated heterocycles. The number of hydrazine groups is 1. The van der Waals surface area contributed by atoms with E-state index in [1.807, 2.05) is 32.0 Å². The third kappa shape index (κ3) is 2.33. The van der Waals surface area contributed by atoms with E-state index < -0.39 is 5.66 Å². The molecule has 6 heteroatoms. The van der Waals surface area contributed by atoms with Gasteiger partial charge < -0.3 is 10.2 Å². The molecule has 1 heterocycles. The van der Waals surface area contributed by atoms with Crippen molar-refractivity contribution in [3.63, 3.8) is 0 Å². The molecule has 0 bridgehead atoms. The maximum atomic E-state index is 12.1. The van der Waals surface area contributed by atoms with Crippen molar-refractivity contribution in [2.75, 3.05) is 19.4 Å². The molecule has 1 aliphatic heterocycles. The molecular formula is C13H18N4O2. The summed E-state index contributed by atoms with van der Waals surface area (Å²) >= 11 is 0. The van der Waals surface area contributed by atoms with Crippen LogP contribution in [0.25, 0.3) is 0 Å². The van der Waals surface area contributed by atoms with Crippen molar-refractivity contribution in [2.24, 2.45) is 0 Å². The zero-order valence-corrected chi connectivity index (χ0v) is 11.5. The highest BCUT2D eigenvalue weighted by Crippen LogP contribution is 2.39. The second-order valence-electron chi connectivity index (χ2n) is 5.09. The Morgan fingerprint density at radius 1 is 1.11 bits per heavy atom. The van der Waals surface area contributed by atoms with Gasteiger partial charge in [-0.3, -0.25) is 0 Å². The first-order valence-electron chi connectivity index (χ1n) is 6.03. The third-order valence-electron chi connectivity index (χ3n) is 2.98. The van der Waals surface area contributed by atoms with Crippen LogP contribution in [0.1, 0.15) is 13.8 Å². The fraction of sp³-hybridized carbons (Fsp3) is 0.385. The molecule has 0 aliphatic carbocycles. The molecule has 102 valence electrons. The van der Waals surface area contributed by atoms with Crippen molar-refractivity contribution >= 4 is 17.7 Å². The minimum Gasteiger partial charge on any atom is -0.329 e. The van der Waals surface area contributed by atoms with Crippen molar-refractivity contribution in [1.82, 2.24) is 14.9 Å². The number of amides is 4. The fourth-order valence-corrected chi connectivity index (χ4v) is 1.92. The van der Waals surface area contributed by atoms with Crippen molar-refractivity contribution in [3.8, 4) is 0 Å². The highest BCUT2D eigenvalue weighted by molar-refractivity contribution is 5.94. The Bertz CT molecular complexity index is 499. The van der Waals surface area contributed by atoms with E-state index >= 15 is 0 Å². The average Bonchev–Trinajstić information content (AvgIpc) is 2.92. The van der Waals surface area contributed by atoms with Crippen LogP contribution < -0.4 is 5.32 Å². The SMILES string of the molecule is CN(C)C(=O)N1N(C(=O)Nc2ccccc2)C1(C)C. The van der Waals surface area contributed by atoms with Crippen LogP contribution in [0.3, 0.4) is 0 Å². The van der Waals surface area contributed by atoms with Crippen LogP contribution in [-0.2, 0) is 0 Å². The lowest BCUT2D eigenvalue weighted by Gasteiger charge is -2.12. The van der Waals surface area contributed by atoms with Crippen molar-refractivity contribution < 1.29 is 9.59 Å². The molecule has 1 fully saturated rings. The Morgan fingerprint density at radius 3 is 2.21 bits per heavy atom. The number of hydrogen-bond acceptors (Lipinski definition) is 2. The Balaban J connectivity index is 2.07. The average molecular weight is 262 g/mol. The van der Waals surface area contributed by atoms with Crippen molar-refractivity contribution in [2.45, 2.75) is 19.5 Å². The molecule has 2 rings (SSSR count). The molecule has 1 N–H and O–H groups in total. The Labute approximate surface area is 112 Å². The Kier molecular flexibility index (Phi) is 3.09. The zero-order chi connectivity index (χ0) is 14.2. The number of rotatable bonds is 1. The number of anilines is 1. The molecular weight excluding hydrogens is 244 g/mol. The summed E-state index contributed by atoms with van der Waals surface area (Å²) in [5.41, 5.74) is 0.104. The Morgan fingerprint density at radius 2 is 1.68 bits per heavy atom. The van der Waals surface area contributed by atoms with Crippen LogP contribution >= 0.6 is 0 Å². The van der Waals surface area contributed by atoms with Crippen LogP contribution in [0, 0.1) is 0 Å². The summed E-state index contributed by atoms with van der Waals surface area (Å²) in [6, 6.07) is 8.62. The van der Waals surface area contributed by atoms with Gasteiger partial charge in [0.25, 0.3) is 0 Å². The summed E-state index contributed by atoms with van der Waals surface area (Å²) in [5, 5.41) is 5.58. The molecule has 4 amide bonds. The number of carbonyl (C=O) groups excluding carboxylic acids is 2. The van der Waals surface area contributed by atoms with E-state index in [9.17, 15) is 9.59 Å². The van der Waals surface area contributed by atoms with E-state index in [0.29, 0.717) is 5.69 Å². The molecule has 6 nitrogen and oxygen atoms in total. The highest BCUT2D eigenvalue weighted by atomic mass is 16.2. The molecule has 1 aromatic rings. The molecule has 0 spiro atoms. The number of hydrogen-bond donors (Lipinski definition) is 1. The minimum absolute atomic E-state index is 0.215. The maximum Gasteiger partial charge on any atom is 0.343 e. The van der Waals surface area contributed by atoms with Gasteiger partial charge in [0.15, 0.2) is 5.66 Å². The van der Waals surface area contributed by atoms with Crippen LogP contribution in [-0.4, -0.2) is 46.7 Å². The van der Waals surface area contributed by atoms with E-state index in [2.05, 4.69) is 5.32 Å². The van der Waals surface area contributed by atoms with Crippen LogP contribution in [0.5, 0.6) is 0 Å². The first kappa shape index (κ1) is 13.2.